The van der Waals surface area contributed by atoms with Crippen molar-refractivity contribution in [3.05, 3.63) is 75.8 Å². The van der Waals surface area contributed by atoms with Crippen LogP contribution in [0.2, 0.25) is 0 Å². The summed E-state index contributed by atoms with van der Waals surface area (Å²) in [4.78, 5) is 22.2. The molecule has 0 heterocycles. The lowest BCUT2D eigenvalue weighted by atomic mass is 10.1. The molecule has 2 rings (SSSR count). The third kappa shape index (κ3) is 4.67. The highest BCUT2D eigenvalue weighted by Crippen LogP contribution is 2.18. The second kappa shape index (κ2) is 7.74. The van der Waals surface area contributed by atoms with Crippen molar-refractivity contribution in [1.82, 2.24) is 5.32 Å². The summed E-state index contributed by atoms with van der Waals surface area (Å²) in [5.74, 6) is 0.426. The Morgan fingerprint density at radius 2 is 1.91 bits per heavy atom. The van der Waals surface area contributed by atoms with Gasteiger partial charge >= 0.3 is 0 Å². The Morgan fingerprint density at radius 3 is 2.57 bits per heavy atom. The van der Waals surface area contributed by atoms with Gasteiger partial charge in [0, 0.05) is 18.7 Å². The second-order valence-electron chi connectivity index (χ2n) is 4.72. The highest BCUT2D eigenvalue weighted by molar-refractivity contribution is 5.92. The first-order chi connectivity index (χ1) is 11.1. The summed E-state index contributed by atoms with van der Waals surface area (Å²) in [5, 5.41) is 13.6. The summed E-state index contributed by atoms with van der Waals surface area (Å²) in [6.45, 7) is 0.365. The van der Waals surface area contributed by atoms with Crippen LogP contribution in [0.1, 0.15) is 11.1 Å². The summed E-state index contributed by atoms with van der Waals surface area (Å²) in [5.41, 5.74) is 1.28. The molecular weight excluding hydrogens is 296 g/mol. The zero-order chi connectivity index (χ0) is 16.7. The lowest BCUT2D eigenvalue weighted by Gasteiger charge is -2.04. The van der Waals surface area contributed by atoms with Crippen LogP contribution >= 0.6 is 0 Å². The molecule has 0 bridgehead atoms. The molecule has 1 N–H and O–H groups in total. The Labute approximate surface area is 133 Å². The molecule has 0 saturated heterocycles. The standard InChI is InChI=1S/C17H16N2O4/c1-23-15-9-6-13(7-10-15)12-18-17(20)11-8-14-4-2-3-5-16(14)19(21)22/h2-11H,12H2,1H3,(H,18,20)/b11-8+. The van der Waals surface area contributed by atoms with E-state index in [1.807, 2.05) is 24.3 Å². The molecule has 1 amide bonds. The summed E-state index contributed by atoms with van der Waals surface area (Å²) < 4.78 is 5.06. The minimum Gasteiger partial charge on any atom is -0.497 e. The SMILES string of the molecule is COc1ccc(CNC(=O)/C=C/c2ccccc2[N+](=O)[O-])cc1. The number of ether oxygens (including phenoxy) is 1. The fraction of sp³-hybridized carbons (Fsp3) is 0.118. The Hall–Kier alpha value is -3.15. The molecule has 0 aliphatic carbocycles. The van der Waals surface area contributed by atoms with Gasteiger partial charge in [0.15, 0.2) is 0 Å². The van der Waals surface area contributed by atoms with Gasteiger partial charge in [-0.25, -0.2) is 0 Å². The lowest BCUT2D eigenvalue weighted by Crippen LogP contribution is -2.20. The van der Waals surface area contributed by atoms with E-state index in [4.69, 9.17) is 4.74 Å². The van der Waals surface area contributed by atoms with Crippen LogP contribution in [0.15, 0.2) is 54.6 Å². The third-order valence-electron chi connectivity index (χ3n) is 3.17. The molecule has 0 aromatic heterocycles. The maximum atomic E-state index is 11.8. The topological polar surface area (TPSA) is 81.5 Å². The molecule has 0 spiro atoms. The molecular formula is C17H16N2O4. The quantitative estimate of drug-likeness (QED) is 0.505. The molecule has 0 fully saturated rings. The molecule has 118 valence electrons. The zero-order valence-corrected chi connectivity index (χ0v) is 12.6. The van der Waals surface area contributed by atoms with Crippen molar-refractivity contribution >= 4 is 17.7 Å². The lowest BCUT2D eigenvalue weighted by molar-refractivity contribution is -0.385. The number of carbonyl (C=O) groups is 1. The molecule has 0 radical (unpaired) electrons. The van der Waals surface area contributed by atoms with Crippen LogP contribution in [0.5, 0.6) is 5.75 Å². The smallest absolute Gasteiger partial charge is 0.276 e. The van der Waals surface area contributed by atoms with Crippen LogP contribution in [0.3, 0.4) is 0 Å². The molecule has 0 atom stereocenters. The van der Waals surface area contributed by atoms with E-state index in [0.29, 0.717) is 12.1 Å². The number of para-hydroxylation sites is 1. The zero-order valence-electron chi connectivity index (χ0n) is 12.6. The molecule has 2 aromatic carbocycles. The number of nitrogens with zero attached hydrogens (tertiary/aromatic N) is 1. The summed E-state index contributed by atoms with van der Waals surface area (Å²) in [6, 6.07) is 13.6. The number of hydrogen-bond acceptors (Lipinski definition) is 4. The van der Waals surface area contributed by atoms with Gasteiger partial charge in [0.1, 0.15) is 5.75 Å². The summed E-state index contributed by atoms with van der Waals surface area (Å²) in [7, 11) is 1.59. The number of nitrogens with one attached hydrogen (secondary N) is 1. The summed E-state index contributed by atoms with van der Waals surface area (Å²) in [6.07, 6.45) is 2.72. The number of methoxy groups -OCH3 is 1. The number of hydrogen-bond donors (Lipinski definition) is 1. The van der Waals surface area contributed by atoms with Gasteiger partial charge in [0.2, 0.25) is 5.91 Å². The van der Waals surface area contributed by atoms with E-state index in [1.54, 1.807) is 25.3 Å². The Kier molecular flexibility index (Phi) is 5.46. The predicted molar refractivity (Wildman–Crippen MR) is 87.0 cm³/mol. The maximum absolute atomic E-state index is 11.8. The molecule has 0 saturated carbocycles. The van der Waals surface area contributed by atoms with Gasteiger partial charge in [0.25, 0.3) is 5.69 Å². The number of carbonyl (C=O) groups excluding carboxylic acids is 1. The maximum Gasteiger partial charge on any atom is 0.276 e. The van der Waals surface area contributed by atoms with E-state index in [1.165, 1.54) is 18.2 Å². The predicted octanol–water partition coefficient (Wildman–Crippen LogP) is 2.93. The number of rotatable bonds is 6. The number of benzene rings is 2. The van der Waals surface area contributed by atoms with Gasteiger partial charge in [-0.2, -0.15) is 0 Å². The van der Waals surface area contributed by atoms with Crippen LogP contribution < -0.4 is 10.1 Å². The van der Waals surface area contributed by atoms with Crippen molar-refractivity contribution in [1.29, 1.82) is 0 Å². The Bertz CT molecular complexity index is 724. The second-order valence-corrected chi connectivity index (χ2v) is 4.72. The number of nitro benzene ring substituents is 1. The monoisotopic (exact) mass is 312 g/mol. The van der Waals surface area contributed by atoms with Gasteiger partial charge in [0.05, 0.1) is 17.6 Å². The van der Waals surface area contributed by atoms with E-state index in [-0.39, 0.29) is 11.6 Å². The van der Waals surface area contributed by atoms with Gasteiger partial charge in [-0.05, 0) is 29.8 Å². The van der Waals surface area contributed by atoms with Gasteiger partial charge < -0.3 is 10.1 Å². The molecule has 2 aromatic rings. The Morgan fingerprint density at radius 1 is 1.22 bits per heavy atom. The van der Waals surface area contributed by atoms with E-state index >= 15 is 0 Å². The van der Waals surface area contributed by atoms with E-state index in [9.17, 15) is 14.9 Å². The third-order valence-corrected chi connectivity index (χ3v) is 3.17. The minimum atomic E-state index is -0.477. The fourth-order valence-corrected chi connectivity index (χ4v) is 1.95. The highest BCUT2D eigenvalue weighted by atomic mass is 16.6. The first-order valence-corrected chi connectivity index (χ1v) is 6.92. The molecule has 6 nitrogen and oxygen atoms in total. The van der Waals surface area contributed by atoms with E-state index in [0.717, 1.165) is 11.3 Å². The van der Waals surface area contributed by atoms with Crippen molar-refractivity contribution in [2.24, 2.45) is 0 Å². The highest BCUT2D eigenvalue weighted by Gasteiger charge is 2.09. The first kappa shape index (κ1) is 16.2. The van der Waals surface area contributed by atoms with Gasteiger partial charge in [-0.3, -0.25) is 14.9 Å². The van der Waals surface area contributed by atoms with E-state index in [2.05, 4.69) is 5.32 Å². The van der Waals surface area contributed by atoms with Crippen LogP contribution in [0.25, 0.3) is 6.08 Å². The fourth-order valence-electron chi connectivity index (χ4n) is 1.95. The number of amides is 1. The van der Waals surface area contributed by atoms with Crippen molar-refractivity contribution in [2.75, 3.05) is 7.11 Å². The average molecular weight is 312 g/mol. The summed E-state index contributed by atoms with van der Waals surface area (Å²) >= 11 is 0. The van der Waals surface area contributed by atoms with Crippen LogP contribution in [-0.4, -0.2) is 17.9 Å². The van der Waals surface area contributed by atoms with Crippen LogP contribution in [-0.2, 0) is 11.3 Å². The van der Waals surface area contributed by atoms with Gasteiger partial charge in [-0.1, -0.05) is 24.3 Å². The molecule has 0 unspecified atom stereocenters. The number of nitro groups is 1. The normalized spacial score (nSPS) is 10.5. The van der Waals surface area contributed by atoms with Crippen LogP contribution in [0, 0.1) is 10.1 Å². The van der Waals surface area contributed by atoms with Crippen molar-refractivity contribution in [3.8, 4) is 5.75 Å². The van der Waals surface area contributed by atoms with Gasteiger partial charge in [-0.15, -0.1) is 0 Å². The van der Waals surface area contributed by atoms with Crippen LogP contribution in [0.4, 0.5) is 5.69 Å². The Balaban J connectivity index is 1.95. The first-order valence-electron chi connectivity index (χ1n) is 6.92. The minimum absolute atomic E-state index is 0.0355. The van der Waals surface area contributed by atoms with Crippen molar-refractivity contribution in [3.63, 3.8) is 0 Å². The molecule has 0 aliphatic heterocycles. The molecule has 6 heteroatoms. The largest absolute Gasteiger partial charge is 0.497 e. The van der Waals surface area contributed by atoms with Crippen molar-refractivity contribution in [2.45, 2.75) is 6.54 Å². The molecule has 0 aliphatic rings. The molecule has 23 heavy (non-hydrogen) atoms. The van der Waals surface area contributed by atoms with E-state index < -0.39 is 4.92 Å². The average Bonchev–Trinajstić information content (AvgIpc) is 2.58. The van der Waals surface area contributed by atoms with Crippen molar-refractivity contribution < 1.29 is 14.5 Å².